The second kappa shape index (κ2) is 5.82. The van der Waals surface area contributed by atoms with Gasteiger partial charge in [-0.05, 0) is 23.6 Å². The summed E-state index contributed by atoms with van der Waals surface area (Å²) in [6.07, 6.45) is 0. The number of likely N-dealkylation sites (N-methyl/N-ethyl adjacent to an activating group) is 1. The minimum atomic E-state index is 0.357. The Bertz CT molecular complexity index is 523. The zero-order valence-corrected chi connectivity index (χ0v) is 12.0. The van der Waals surface area contributed by atoms with Crippen molar-refractivity contribution < 1.29 is 0 Å². The summed E-state index contributed by atoms with van der Waals surface area (Å²) in [4.78, 5) is 2.48. The normalized spacial score (nSPS) is 20.6. The highest BCUT2D eigenvalue weighted by Gasteiger charge is 2.24. The van der Waals surface area contributed by atoms with Crippen molar-refractivity contribution >= 4 is 11.5 Å². The van der Waals surface area contributed by atoms with Crippen molar-refractivity contribution in [1.82, 2.24) is 14.6 Å². The molecule has 2 aromatic rings. The molecule has 1 saturated heterocycles. The van der Waals surface area contributed by atoms with Gasteiger partial charge in [0.15, 0.2) is 0 Å². The first-order chi connectivity index (χ1) is 9.38. The monoisotopic (exact) mass is 273 g/mol. The number of piperazine rings is 1. The molecule has 1 aromatic heterocycles. The average Bonchev–Trinajstić information content (AvgIpc) is 2.98. The first-order valence-electron chi connectivity index (χ1n) is 6.84. The van der Waals surface area contributed by atoms with E-state index in [-0.39, 0.29) is 0 Å². The van der Waals surface area contributed by atoms with Crippen LogP contribution in [0.5, 0.6) is 0 Å². The lowest BCUT2D eigenvalue weighted by atomic mass is 10.0. The van der Waals surface area contributed by atoms with Crippen LogP contribution in [-0.2, 0) is 0 Å². The molecule has 1 aliphatic rings. The van der Waals surface area contributed by atoms with E-state index in [4.69, 9.17) is 0 Å². The molecule has 1 fully saturated rings. The Morgan fingerprint density at radius 1 is 1.37 bits per heavy atom. The van der Waals surface area contributed by atoms with Crippen LogP contribution in [-0.4, -0.2) is 35.5 Å². The molecular weight excluding hydrogens is 254 g/mol. The van der Waals surface area contributed by atoms with Crippen LogP contribution in [0, 0.1) is 0 Å². The summed E-state index contributed by atoms with van der Waals surface area (Å²) in [6.45, 7) is 6.58. The maximum atomic E-state index is 4.64. The maximum absolute atomic E-state index is 4.64. The lowest BCUT2D eigenvalue weighted by molar-refractivity contribution is 0.209. The highest BCUT2D eigenvalue weighted by molar-refractivity contribution is 7.04. The van der Waals surface area contributed by atoms with Gasteiger partial charge in [-0.1, -0.05) is 37.3 Å². The Balaban J connectivity index is 1.88. The fourth-order valence-corrected chi connectivity index (χ4v) is 3.37. The lowest BCUT2D eigenvalue weighted by Gasteiger charge is -2.32. The summed E-state index contributed by atoms with van der Waals surface area (Å²) < 4.78 is 4.64. The highest BCUT2D eigenvalue weighted by Crippen LogP contribution is 2.30. The second-order valence-corrected chi connectivity index (χ2v) is 5.51. The Morgan fingerprint density at radius 2 is 2.21 bits per heavy atom. The van der Waals surface area contributed by atoms with Gasteiger partial charge < -0.3 is 10.2 Å². The van der Waals surface area contributed by atoms with Gasteiger partial charge in [-0.25, -0.2) is 0 Å². The molecular formula is C15H19N3S. The van der Waals surface area contributed by atoms with Crippen LogP contribution in [0.15, 0.2) is 35.7 Å². The molecule has 4 heteroatoms. The van der Waals surface area contributed by atoms with Crippen molar-refractivity contribution in [2.24, 2.45) is 0 Å². The fourth-order valence-electron chi connectivity index (χ4n) is 2.61. The van der Waals surface area contributed by atoms with Crippen LogP contribution in [0.1, 0.15) is 18.7 Å². The zero-order chi connectivity index (χ0) is 13.1. The second-order valence-electron chi connectivity index (χ2n) is 4.88. The topological polar surface area (TPSA) is 28.2 Å². The van der Waals surface area contributed by atoms with E-state index in [2.05, 4.69) is 57.2 Å². The molecule has 0 radical (unpaired) electrons. The number of nitrogens with one attached hydrogen (secondary N) is 1. The molecule has 0 bridgehead atoms. The molecule has 1 N–H and O–H groups in total. The first-order valence-corrected chi connectivity index (χ1v) is 7.67. The van der Waals surface area contributed by atoms with Crippen molar-refractivity contribution in [1.29, 1.82) is 0 Å². The Morgan fingerprint density at radius 3 is 3.00 bits per heavy atom. The van der Waals surface area contributed by atoms with E-state index < -0.39 is 0 Å². The Kier molecular flexibility index (Phi) is 3.92. The maximum Gasteiger partial charge on any atom is 0.0802 e. The number of hydrogen-bond acceptors (Lipinski definition) is 4. The fraction of sp³-hybridized carbons (Fsp3) is 0.400. The van der Waals surface area contributed by atoms with Gasteiger partial charge >= 0.3 is 0 Å². The summed E-state index contributed by atoms with van der Waals surface area (Å²) >= 11 is 1.56. The third kappa shape index (κ3) is 2.71. The molecule has 19 heavy (non-hydrogen) atoms. The smallest absolute Gasteiger partial charge is 0.0802 e. The minimum Gasteiger partial charge on any atom is -0.306 e. The van der Waals surface area contributed by atoms with Crippen molar-refractivity contribution in [3.63, 3.8) is 0 Å². The summed E-state index contributed by atoms with van der Waals surface area (Å²) in [5, 5.41) is 5.76. The van der Waals surface area contributed by atoms with Crippen LogP contribution in [0.4, 0.5) is 0 Å². The Hall–Kier alpha value is -1.23. The van der Waals surface area contributed by atoms with E-state index in [0.29, 0.717) is 6.04 Å². The third-order valence-electron chi connectivity index (χ3n) is 3.72. The van der Waals surface area contributed by atoms with Crippen molar-refractivity contribution in [3.8, 4) is 11.1 Å². The van der Waals surface area contributed by atoms with Crippen LogP contribution in [0.25, 0.3) is 11.1 Å². The van der Waals surface area contributed by atoms with Gasteiger partial charge in [0.2, 0.25) is 0 Å². The largest absolute Gasteiger partial charge is 0.306 e. The van der Waals surface area contributed by atoms with Crippen molar-refractivity contribution in [2.75, 3.05) is 26.2 Å². The molecule has 1 atom stereocenters. The predicted octanol–water partition coefficient (Wildman–Crippen LogP) is 2.78. The van der Waals surface area contributed by atoms with E-state index >= 15 is 0 Å². The lowest BCUT2D eigenvalue weighted by Crippen LogP contribution is -2.45. The number of rotatable bonds is 3. The van der Waals surface area contributed by atoms with E-state index in [1.807, 2.05) is 0 Å². The SMILES string of the molecule is CCN1CCNC(c2nscc2-c2ccccc2)C1. The molecule has 0 saturated carbocycles. The molecule has 0 amide bonds. The van der Waals surface area contributed by atoms with Gasteiger partial charge in [-0.15, -0.1) is 0 Å². The number of nitrogens with zero attached hydrogens (tertiary/aromatic N) is 2. The average molecular weight is 273 g/mol. The molecule has 3 rings (SSSR count). The van der Waals surface area contributed by atoms with Crippen LogP contribution < -0.4 is 5.32 Å². The summed E-state index contributed by atoms with van der Waals surface area (Å²) in [6, 6.07) is 10.9. The molecule has 0 aliphatic carbocycles. The summed E-state index contributed by atoms with van der Waals surface area (Å²) in [7, 11) is 0. The van der Waals surface area contributed by atoms with E-state index in [1.54, 1.807) is 11.5 Å². The Labute approximate surface area is 118 Å². The molecule has 1 aliphatic heterocycles. The van der Waals surface area contributed by atoms with Gasteiger partial charge in [0.05, 0.1) is 11.7 Å². The van der Waals surface area contributed by atoms with Crippen LogP contribution in [0.2, 0.25) is 0 Å². The third-order valence-corrected chi connectivity index (χ3v) is 4.36. The van der Waals surface area contributed by atoms with Crippen molar-refractivity contribution in [2.45, 2.75) is 13.0 Å². The van der Waals surface area contributed by atoms with Crippen LogP contribution in [0.3, 0.4) is 0 Å². The molecule has 1 aromatic carbocycles. The predicted molar refractivity (Wildman–Crippen MR) is 80.4 cm³/mol. The van der Waals surface area contributed by atoms with Crippen LogP contribution >= 0.6 is 11.5 Å². The summed E-state index contributed by atoms with van der Waals surface area (Å²) in [5.74, 6) is 0. The van der Waals surface area contributed by atoms with E-state index in [9.17, 15) is 0 Å². The summed E-state index contributed by atoms with van der Waals surface area (Å²) in [5.41, 5.74) is 3.75. The van der Waals surface area contributed by atoms with Gasteiger partial charge in [0, 0.05) is 30.6 Å². The van der Waals surface area contributed by atoms with Crippen molar-refractivity contribution in [3.05, 3.63) is 41.4 Å². The molecule has 100 valence electrons. The first kappa shape index (κ1) is 12.8. The number of benzene rings is 1. The van der Waals surface area contributed by atoms with Gasteiger partial charge in [-0.2, -0.15) is 4.37 Å². The number of aromatic nitrogens is 1. The minimum absolute atomic E-state index is 0.357. The van der Waals surface area contributed by atoms with Gasteiger partial charge in [-0.3, -0.25) is 0 Å². The van der Waals surface area contributed by atoms with E-state index in [0.717, 1.165) is 26.2 Å². The molecule has 0 spiro atoms. The molecule has 2 heterocycles. The van der Waals surface area contributed by atoms with Gasteiger partial charge in [0.1, 0.15) is 0 Å². The molecule has 1 unspecified atom stereocenters. The number of hydrogen-bond donors (Lipinski definition) is 1. The standard InChI is InChI=1S/C15H19N3S/c1-2-18-9-8-16-14(10-18)15-13(11-19-17-15)12-6-4-3-5-7-12/h3-7,11,14,16H,2,8-10H2,1H3. The zero-order valence-electron chi connectivity index (χ0n) is 11.2. The van der Waals surface area contributed by atoms with Gasteiger partial charge in [0.25, 0.3) is 0 Å². The van der Waals surface area contributed by atoms with E-state index in [1.165, 1.54) is 16.8 Å². The quantitative estimate of drug-likeness (QED) is 0.932. The highest BCUT2D eigenvalue weighted by atomic mass is 32.1. The molecule has 3 nitrogen and oxygen atoms in total.